The van der Waals surface area contributed by atoms with Gasteiger partial charge in [0.15, 0.2) is 0 Å². The van der Waals surface area contributed by atoms with Gasteiger partial charge in [-0.1, -0.05) is 0 Å². The third-order valence-electron chi connectivity index (χ3n) is 2.22. The molecule has 0 saturated carbocycles. The molecule has 0 unspecified atom stereocenters. The highest BCUT2D eigenvalue weighted by Gasteiger charge is 2.31. The number of rotatable bonds is 5. The van der Waals surface area contributed by atoms with Gasteiger partial charge in [-0.05, 0) is 3.71 Å². The van der Waals surface area contributed by atoms with E-state index in [1.807, 2.05) is 0 Å². The van der Waals surface area contributed by atoms with Gasteiger partial charge in [-0.25, -0.2) is 0 Å². The maximum Gasteiger partial charge on any atom is 0.351 e. The first-order chi connectivity index (χ1) is 7.71. The first kappa shape index (κ1) is 14.8. The molecular formula is C6H14N2O7S2. The molecule has 0 amide bonds. The van der Waals surface area contributed by atoms with E-state index < -0.39 is 27.2 Å². The fraction of sp³-hybridized carbons (Fsp3) is 1.00. The second kappa shape index (κ2) is 5.56. The summed E-state index contributed by atoms with van der Waals surface area (Å²) in [5.74, 6) is 0. The largest absolute Gasteiger partial charge is 0.379 e. The van der Waals surface area contributed by atoms with Crippen molar-refractivity contribution in [2.45, 2.75) is 0 Å². The van der Waals surface area contributed by atoms with Crippen molar-refractivity contribution in [2.24, 2.45) is 0 Å². The second-order valence-electron chi connectivity index (χ2n) is 3.41. The third kappa shape index (κ3) is 4.83. The minimum absolute atomic E-state index is 0.0724. The maximum atomic E-state index is 10.7. The van der Waals surface area contributed by atoms with E-state index in [0.29, 0.717) is 26.3 Å². The van der Waals surface area contributed by atoms with Crippen LogP contribution in [0.1, 0.15) is 0 Å². The molecular weight excluding hydrogens is 276 g/mol. The summed E-state index contributed by atoms with van der Waals surface area (Å²) in [6.45, 7) is 1.53. The van der Waals surface area contributed by atoms with E-state index in [0.717, 1.165) is 0 Å². The minimum Gasteiger partial charge on any atom is -0.379 e. The molecule has 2 N–H and O–H groups in total. The van der Waals surface area contributed by atoms with E-state index in [1.165, 1.54) is 0 Å². The Kier molecular flexibility index (Phi) is 4.83. The van der Waals surface area contributed by atoms with Crippen LogP contribution >= 0.6 is 0 Å². The van der Waals surface area contributed by atoms with Crippen molar-refractivity contribution < 1.29 is 30.7 Å². The van der Waals surface area contributed by atoms with Gasteiger partial charge in [0.1, 0.15) is 0 Å². The van der Waals surface area contributed by atoms with E-state index in [4.69, 9.17) is 13.8 Å². The van der Waals surface area contributed by atoms with Gasteiger partial charge in [0.05, 0.1) is 13.2 Å². The van der Waals surface area contributed by atoms with Gasteiger partial charge in [0.25, 0.3) is 0 Å². The Bertz CT molecular complexity index is 407. The summed E-state index contributed by atoms with van der Waals surface area (Å²) in [4.78, 5) is 1.76. The predicted octanol–water partition coefficient (Wildman–Crippen LogP) is -1.77. The summed E-state index contributed by atoms with van der Waals surface area (Å²) >= 11 is 0. The molecule has 0 atom stereocenters. The summed E-state index contributed by atoms with van der Waals surface area (Å²) in [6, 6.07) is 0. The molecule has 0 radical (unpaired) electrons. The van der Waals surface area contributed by atoms with Crippen LogP contribution in [0, 0.1) is 0 Å². The van der Waals surface area contributed by atoms with E-state index in [-0.39, 0.29) is 10.3 Å². The van der Waals surface area contributed by atoms with Crippen molar-refractivity contribution >= 4 is 20.6 Å². The Morgan fingerprint density at radius 2 is 1.53 bits per heavy atom. The number of morpholine rings is 1. The molecule has 0 aliphatic carbocycles. The molecule has 1 saturated heterocycles. The Morgan fingerprint density at radius 3 is 1.94 bits per heavy atom. The number of nitrogens with zero attached hydrogens (tertiary/aromatic N) is 2. The summed E-state index contributed by atoms with van der Waals surface area (Å²) < 4.78 is 65.0. The fourth-order valence-electron chi connectivity index (χ4n) is 1.40. The molecule has 0 spiro atoms. The van der Waals surface area contributed by atoms with Crippen molar-refractivity contribution in [1.82, 2.24) is 8.61 Å². The molecule has 1 rings (SSSR count). The van der Waals surface area contributed by atoms with Crippen LogP contribution in [0.25, 0.3) is 0 Å². The average molecular weight is 290 g/mol. The number of hydrogen-bond acceptors (Lipinski definition) is 6. The highest BCUT2D eigenvalue weighted by Crippen LogP contribution is 2.05. The van der Waals surface area contributed by atoms with Gasteiger partial charge < -0.3 is 4.74 Å². The predicted molar refractivity (Wildman–Crippen MR) is 57.1 cm³/mol. The minimum atomic E-state index is -4.99. The molecule has 102 valence electrons. The van der Waals surface area contributed by atoms with Crippen molar-refractivity contribution in [3.63, 3.8) is 0 Å². The average Bonchev–Trinajstić information content (AvgIpc) is 2.15. The van der Waals surface area contributed by atoms with Gasteiger partial charge in [-0.15, -0.1) is 0 Å². The molecule has 0 aromatic rings. The van der Waals surface area contributed by atoms with E-state index >= 15 is 0 Å². The number of ether oxygens (including phenoxy) is 1. The molecule has 1 aliphatic heterocycles. The van der Waals surface area contributed by atoms with Crippen LogP contribution in [0.15, 0.2) is 0 Å². The molecule has 0 bridgehead atoms. The Labute approximate surface area is 99.7 Å². The zero-order valence-corrected chi connectivity index (χ0v) is 10.5. The quantitative estimate of drug-likeness (QED) is 0.570. The molecule has 11 heteroatoms. The van der Waals surface area contributed by atoms with Crippen LogP contribution in [0.2, 0.25) is 0 Å². The summed E-state index contributed by atoms with van der Waals surface area (Å²) in [6.07, 6.45) is 0. The van der Waals surface area contributed by atoms with Gasteiger partial charge in [0.2, 0.25) is 0 Å². The van der Waals surface area contributed by atoms with Gasteiger partial charge in [-0.3, -0.25) is 14.0 Å². The summed E-state index contributed by atoms with van der Waals surface area (Å²) in [5.41, 5.74) is 0. The highest BCUT2D eigenvalue weighted by molar-refractivity contribution is 7.98. The fourth-order valence-corrected chi connectivity index (χ4v) is 2.97. The van der Waals surface area contributed by atoms with E-state index in [9.17, 15) is 16.8 Å². The molecule has 0 aromatic heterocycles. The Hall–Kier alpha value is -0.300. The van der Waals surface area contributed by atoms with Gasteiger partial charge in [0, 0.05) is 26.2 Å². The van der Waals surface area contributed by atoms with Gasteiger partial charge in [-0.2, -0.15) is 16.8 Å². The lowest BCUT2D eigenvalue weighted by Gasteiger charge is -2.27. The van der Waals surface area contributed by atoms with Crippen LogP contribution in [0.3, 0.4) is 0 Å². The number of hydrogen-bond donors (Lipinski definition) is 2. The maximum absolute atomic E-state index is 10.7. The van der Waals surface area contributed by atoms with E-state index in [2.05, 4.69) is 0 Å². The zero-order chi connectivity index (χ0) is 13.1. The van der Waals surface area contributed by atoms with Crippen LogP contribution < -0.4 is 0 Å². The van der Waals surface area contributed by atoms with Crippen molar-refractivity contribution in [2.75, 3.05) is 39.4 Å². The lowest BCUT2D eigenvalue weighted by atomic mass is 10.4. The second-order valence-corrected chi connectivity index (χ2v) is 6.31. The van der Waals surface area contributed by atoms with Crippen LogP contribution in [0.4, 0.5) is 0 Å². The lowest BCUT2D eigenvalue weighted by molar-refractivity contribution is 0.0375. The van der Waals surface area contributed by atoms with Crippen LogP contribution in [0.5, 0.6) is 0 Å². The highest BCUT2D eigenvalue weighted by atomic mass is 32.3. The Morgan fingerprint density at radius 1 is 1.06 bits per heavy atom. The first-order valence-electron chi connectivity index (χ1n) is 4.74. The molecule has 9 nitrogen and oxygen atoms in total. The molecule has 17 heavy (non-hydrogen) atoms. The van der Waals surface area contributed by atoms with Crippen LogP contribution in [-0.4, -0.2) is 73.9 Å². The Balaban J connectivity index is 2.62. The van der Waals surface area contributed by atoms with Gasteiger partial charge >= 0.3 is 20.6 Å². The van der Waals surface area contributed by atoms with Crippen molar-refractivity contribution in [3.8, 4) is 0 Å². The van der Waals surface area contributed by atoms with Crippen molar-refractivity contribution in [3.05, 3.63) is 0 Å². The smallest absolute Gasteiger partial charge is 0.351 e. The first-order valence-corrected chi connectivity index (χ1v) is 7.53. The normalized spacial score (nSPS) is 19.7. The summed E-state index contributed by atoms with van der Waals surface area (Å²) in [7, 11) is -9.97. The zero-order valence-electron chi connectivity index (χ0n) is 8.89. The molecule has 1 aliphatic rings. The standard InChI is InChI=1S/C6H14N2O7S2/c9-16(10,11)8(17(12,13)14)2-1-7-3-5-15-6-4-7/h1-6H2,(H,9,10,11)(H,12,13,14). The molecule has 1 heterocycles. The van der Waals surface area contributed by atoms with Crippen molar-refractivity contribution in [1.29, 1.82) is 0 Å². The lowest BCUT2D eigenvalue weighted by Crippen LogP contribution is -2.44. The third-order valence-corrected chi connectivity index (χ3v) is 4.74. The van der Waals surface area contributed by atoms with E-state index in [1.54, 1.807) is 4.90 Å². The monoisotopic (exact) mass is 290 g/mol. The van der Waals surface area contributed by atoms with Crippen LogP contribution in [-0.2, 0) is 25.3 Å². The molecule has 0 aromatic carbocycles. The summed E-state index contributed by atoms with van der Waals surface area (Å²) in [5, 5.41) is 0. The topological polar surface area (TPSA) is 124 Å². The SMILES string of the molecule is O=S(=O)(O)N(CCN1CCOCC1)S(=O)(=O)O. The molecule has 1 fully saturated rings.